The molecule has 170 valence electrons. The van der Waals surface area contributed by atoms with E-state index in [-0.39, 0.29) is 0 Å². The maximum atomic E-state index is 5.53. The summed E-state index contributed by atoms with van der Waals surface area (Å²) in [5.74, 6) is 1.54. The molecule has 0 aliphatic carbocycles. The van der Waals surface area contributed by atoms with Crippen molar-refractivity contribution in [2.24, 2.45) is 0 Å². The van der Waals surface area contributed by atoms with Crippen LogP contribution in [0.1, 0.15) is 12.0 Å². The molecule has 0 saturated carbocycles. The molecule has 4 rings (SSSR count). The Hall–Kier alpha value is -2.61. The fourth-order valence-electron chi connectivity index (χ4n) is 4.67. The van der Waals surface area contributed by atoms with Crippen LogP contribution in [-0.2, 0) is 6.42 Å². The van der Waals surface area contributed by atoms with E-state index in [0.29, 0.717) is 0 Å². The van der Waals surface area contributed by atoms with Gasteiger partial charge in [-0.1, -0.05) is 0 Å². The molecule has 0 aliphatic heterocycles. The van der Waals surface area contributed by atoms with Crippen LogP contribution < -0.4 is 25.4 Å². The fraction of sp³-hybridized carbons (Fsp3) is 0.172. The van der Waals surface area contributed by atoms with Crippen molar-refractivity contribution in [1.29, 1.82) is 0 Å². The van der Waals surface area contributed by atoms with Crippen molar-refractivity contribution in [2.75, 3.05) is 20.4 Å². The minimum atomic E-state index is -2.88. The Balaban J connectivity index is 1.79. The van der Waals surface area contributed by atoms with Gasteiger partial charge in [-0.3, -0.25) is 0 Å². The summed E-state index contributed by atoms with van der Waals surface area (Å²) in [6.07, 6.45) is 2.99. The van der Waals surface area contributed by atoms with E-state index >= 15 is 0 Å². The number of hydrogen-bond acceptors (Lipinski definition) is 2. The summed E-state index contributed by atoms with van der Waals surface area (Å²) >= 11 is 4.53. The number of hydrogen-bond donors (Lipinski definition) is 0. The van der Waals surface area contributed by atoms with Crippen molar-refractivity contribution in [3.8, 4) is 11.5 Å². The van der Waals surface area contributed by atoms with E-state index in [1.165, 1.54) is 21.5 Å². The van der Waals surface area contributed by atoms with Gasteiger partial charge in [-0.05, 0) is 0 Å². The molecule has 0 atom stereocenters. The normalized spacial score (nSPS) is 12.5. The molecule has 0 saturated heterocycles. The predicted molar refractivity (Wildman–Crippen MR) is 147 cm³/mol. The van der Waals surface area contributed by atoms with Crippen LogP contribution in [-0.4, -0.2) is 20.4 Å². The summed E-state index contributed by atoms with van der Waals surface area (Å²) in [5, 5.41) is 1.19. The van der Waals surface area contributed by atoms with Gasteiger partial charge in [-0.25, -0.2) is 0 Å². The quantitative estimate of drug-likeness (QED) is 0.235. The average molecular weight is 521 g/mol. The summed E-state index contributed by atoms with van der Waals surface area (Å²) in [5.41, 5.74) is 1.25. The number of ether oxygens (including phenoxy) is 2. The van der Waals surface area contributed by atoms with Crippen molar-refractivity contribution in [1.82, 2.24) is 0 Å². The SMILES string of the molecule is COc1ccc(CCCP(Br)(c2ccccc2)(c2ccccc2)c2ccccc2)cc1OC. The second-order valence-electron chi connectivity index (χ2n) is 8.21. The van der Waals surface area contributed by atoms with E-state index in [0.717, 1.165) is 30.5 Å². The molecule has 0 bridgehead atoms. The van der Waals surface area contributed by atoms with Crippen molar-refractivity contribution in [3.63, 3.8) is 0 Å². The van der Waals surface area contributed by atoms with Crippen molar-refractivity contribution < 1.29 is 9.47 Å². The third-order valence-electron chi connectivity index (χ3n) is 6.38. The van der Waals surface area contributed by atoms with Crippen LogP contribution in [0.4, 0.5) is 0 Å². The van der Waals surface area contributed by atoms with Gasteiger partial charge in [0.25, 0.3) is 0 Å². The number of halogens is 1. The van der Waals surface area contributed by atoms with Gasteiger partial charge in [0, 0.05) is 0 Å². The predicted octanol–water partition coefficient (Wildman–Crippen LogP) is 6.48. The van der Waals surface area contributed by atoms with Crippen molar-refractivity contribution >= 4 is 36.7 Å². The molecule has 2 nitrogen and oxygen atoms in total. The molecule has 0 spiro atoms. The molecule has 0 fully saturated rings. The van der Waals surface area contributed by atoms with E-state index in [1.807, 2.05) is 6.07 Å². The van der Waals surface area contributed by atoms with Gasteiger partial charge in [0.15, 0.2) is 0 Å². The van der Waals surface area contributed by atoms with Gasteiger partial charge < -0.3 is 0 Å². The van der Waals surface area contributed by atoms with E-state index < -0.39 is 5.31 Å². The van der Waals surface area contributed by atoms with Crippen LogP contribution in [0.3, 0.4) is 0 Å². The van der Waals surface area contributed by atoms with E-state index in [1.54, 1.807) is 14.2 Å². The molecule has 0 N–H and O–H groups in total. The Morgan fingerprint density at radius 3 is 1.48 bits per heavy atom. The number of aryl methyl sites for hydroxylation is 1. The Kier molecular flexibility index (Phi) is 7.22. The molecular weight excluding hydrogens is 491 g/mol. The standard InChI is InChI=1S/C29H30BrO2P/c1-31-28-21-20-24(23-29(28)32-2)13-12-22-33(30,25-14-6-3-7-15-25,26-16-8-4-9-17-26)27-18-10-5-11-19-27/h3-11,14-21,23H,12-13,22H2,1-2H3. The second kappa shape index (κ2) is 10.1. The zero-order valence-corrected chi connectivity index (χ0v) is 21.6. The molecule has 0 heterocycles. The first kappa shape index (κ1) is 23.5. The number of benzene rings is 4. The summed E-state index contributed by atoms with van der Waals surface area (Å²) in [6.45, 7) is 0. The first-order chi connectivity index (χ1) is 16.1. The van der Waals surface area contributed by atoms with E-state index in [2.05, 4.69) is 119 Å². The van der Waals surface area contributed by atoms with Gasteiger partial charge in [0.05, 0.1) is 0 Å². The third-order valence-corrected chi connectivity index (χ3v) is 16.4. The minimum absolute atomic E-state index is 0.763. The van der Waals surface area contributed by atoms with Crippen LogP contribution in [0, 0.1) is 0 Å². The Labute approximate surface area is 205 Å². The second-order valence-corrected chi connectivity index (χ2v) is 17.3. The summed E-state index contributed by atoms with van der Waals surface area (Å²) in [7, 11) is 3.36. The molecule has 0 aromatic heterocycles. The topological polar surface area (TPSA) is 18.5 Å². The van der Waals surface area contributed by atoms with Crippen LogP contribution >= 0.6 is 20.8 Å². The van der Waals surface area contributed by atoms with Crippen LogP contribution in [0.5, 0.6) is 11.5 Å². The number of methoxy groups -OCH3 is 2. The summed E-state index contributed by atoms with van der Waals surface area (Å²) < 4.78 is 10.9. The molecule has 0 amide bonds. The number of rotatable bonds is 9. The molecule has 4 aromatic carbocycles. The molecule has 0 radical (unpaired) electrons. The third kappa shape index (κ3) is 4.45. The van der Waals surface area contributed by atoms with E-state index in [9.17, 15) is 0 Å². The molecule has 0 unspecified atom stereocenters. The van der Waals surface area contributed by atoms with Crippen LogP contribution in [0.2, 0.25) is 0 Å². The molecule has 4 aromatic rings. The molecule has 0 aliphatic rings. The zero-order chi connectivity index (χ0) is 23.2. The monoisotopic (exact) mass is 520 g/mol. The van der Waals surface area contributed by atoms with E-state index in [4.69, 9.17) is 9.47 Å². The van der Waals surface area contributed by atoms with Gasteiger partial charge in [-0.2, -0.15) is 0 Å². The zero-order valence-electron chi connectivity index (χ0n) is 19.2. The average Bonchev–Trinajstić information content (AvgIpc) is 2.90. The van der Waals surface area contributed by atoms with Gasteiger partial charge in [-0.15, -0.1) is 0 Å². The molecule has 33 heavy (non-hydrogen) atoms. The fourth-order valence-corrected chi connectivity index (χ4v) is 12.3. The first-order valence-corrected chi connectivity index (χ1v) is 15.6. The van der Waals surface area contributed by atoms with Gasteiger partial charge in [0.1, 0.15) is 0 Å². The maximum absolute atomic E-state index is 5.53. The Morgan fingerprint density at radius 2 is 1.06 bits per heavy atom. The molecular formula is C29H30BrO2P. The van der Waals surface area contributed by atoms with Crippen molar-refractivity contribution in [2.45, 2.75) is 12.8 Å². The Morgan fingerprint density at radius 1 is 0.606 bits per heavy atom. The summed E-state index contributed by atoms with van der Waals surface area (Å²) in [4.78, 5) is 0. The van der Waals surface area contributed by atoms with Gasteiger partial charge >= 0.3 is 206 Å². The van der Waals surface area contributed by atoms with Crippen molar-refractivity contribution in [3.05, 3.63) is 115 Å². The first-order valence-electron chi connectivity index (χ1n) is 11.2. The Bertz CT molecular complexity index is 1080. The van der Waals surface area contributed by atoms with Gasteiger partial charge in [0.2, 0.25) is 0 Å². The van der Waals surface area contributed by atoms with Crippen LogP contribution in [0.15, 0.2) is 109 Å². The molecule has 4 heteroatoms. The van der Waals surface area contributed by atoms with Crippen LogP contribution in [0.25, 0.3) is 0 Å². The summed E-state index contributed by atoms with van der Waals surface area (Å²) in [6, 6.07) is 39.1.